The number of aromatic nitrogens is 2. The number of hydrogen-bond acceptors (Lipinski definition) is 6. The molecule has 0 spiro atoms. The first-order chi connectivity index (χ1) is 14.2. The van der Waals surface area contributed by atoms with Gasteiger partial charge in [-0.3, -0.25) is 9.78 Å². The van der Waals surface area contributed by atoms with E-state index in [9.17, 15) is 4.79 Å². The van der Waals surface area contributed by atoms with Crippen molar-refractivity contribution in [2.45, 2.75) is 18.9 Å². The number of carbonyl (C=O) groups excluding carboxylic acids is 1. The number of carbonyl (C=O) groups is 1. The average Bonchev–Trinajstić information content (AvgIpc) is 2.77. The molecule has 1 amide bonds. The summed E-state index contributed by atoms with van der Waals surface area (Å²) in [4.78, 5) is 20.2. The fraction of sp³-hybridized carbons (Fsp3) is 0.318. The summed E-state index contributed by atoms with van der Waals surface area (Å²) in [7, 11) is 0. The number of primary amides is 1. The molecule has 0 bridgehead atoms. The zero-order valence-electron chi connectivity index (χ0n) is 16.0. The fourth-order valence-electron chi connectivity index (χ4n) is 3.34. The molecule has 29 heavy (non-hydrogen) atoms. The van der Waals surface area contributed by atoms with E-state index in [2.05, 4.69) is 9.97 Å². The quantitative estimate of drug-likeness (QED) is 0.620. The Morgan fingerprint density at radius 3 is 2.62 bits per heavy atom. The summed E-state index contributed by atoms with van der Waals surface area (Å²) >= 11 is 0. The van der Waals surface area contributed by atoms with E-state index >= 15 is 0 Å². The number of amides is 1. The molecule has 1 aromatic carbocycles. The highest BCUT2D eigenvalue weighted by atomic mass is 16.5. The summed E-state index contributed by atoms with van der Waals surface area (Å²) in [6.07, 6.45) is 5.61. The van der Waals surface area contributed by atoms with Crippen LogP contribution in [0, 0.1) is 0 Å². The molecule has 1 saturated heterocycles. The lowest BCUT2D eigenvalue weighted by molar-refractivity contribution is -0.0388. The molecule has 0 radical (unpaired) electrons. The minimum absolute atomic E-state index is 0.231. The van der Waals surface area contributed by atoms with E-state index in [4.69, 9.17) is 19.9 Å². The molecule has 7 heteroatoms. The van der Waals surface area contributed by atoms with Crippen molar-refractivity contribution in [2.75, 3.05) is 26.4 Å². The van der Waals surface area contributed by atoms with Gasteiger partial charge in [-0.15, -0.1) is 0 Å². The highest BCUT2D eigenvalue weighted by molar-refractivity contribution is 5.97. The third-order valence-electron chi connectivity index (χ3n) is 4.89. The molecule has 1 aliphatic heterocycles. The van der Waals surface area contributed by atoms with Crippen molar-refractivity contribution >= 4 is 16.8 Å². The van der Waals surface area contributed by atoms with Gasteiger partial charge in [0.05, 0.1) is 18.2 Å². The number of fused-ring (bicyclic) bond motifs is 1. The Kier molecular flexibility index (Phi) is 5.97. The van der Waals surface area contributed by atoms with Gasteiger partial charge >= 0.3 is 0 Å². The molecule has 0 saturated carbocycles. The lowest BCUT2D eigenvalue weighted by Crippen LogP contribution is -2.25. The number of benzene rings is 1. The molecule has 3 heterocycles. The minimum atomic E-state index is -0.554. The number of nitrogens with zero attached hydrogens (tertiary/aromatic N) is 2. The Hall–Kier alpha value is -3.03. The summed E-state index contributed by atoms with van der Waals surface area (Å²) in [6, 6.07) is 11.1. The van der Waals surface area contributed by atoms with Crippen molar-refractivity contribution in [3.05, 3.63) is 54.5 Å². The Labute approximate surface area is 168 Å². The largest absolute Gasteiger partial charge is 0.491 e. The van der Waals surface area contributed by atoms with Crippen LogP contribution < -0.4 is 10.5 Å². The molecule has 3 aromatic rings. The summed E-state index contributed by atoms with van der Waals surface area (Å²) in [5, 5.41) is 0.845. The second kappa shape index (κ2) is 8.98. The number of hydrogen-bond donors (Lipinski definition) is 1. The van der Waals surface area contributed by atoms with E-state index < -0.39 is 5.91 Å². The van der Waals surface area contributed by atoms with Crippen LogP contribution in [0.1, 0.15) is 23.3 Å². The smallest absolute Gasteiger partial charge is 0.267 e. The molecule has 1 aliphatic rings. The monoisotopic (exact) mass is 393 g/mol. The van der Waals surface area contributed by atoms with Crippen molar-refractivity contribution < 1.29 is 19.0 Å². The summed E-state index contributed by atoms with van der Waals surface area (Å²) in [6.45, 7) is 2.59. The van der Waals surface area contributed by atoms with E-state index in [0.717, 1.165) is 48.3 Å². The van der Waals surface area contributed by atoms with Gasteiger partial charge in [-0.05, 0) is 42.7 Å². The predicted molar refractivity (Wildman–Crippen MR) is 109 cm³/mol. The number of pyridine rings is 2. The first kappa shape index (κ1) is 19.3. The number of rotatable bonds is 7. The normalized spacial score (nSPS) is 14.8. The maximum atomic E-state index is 11.5. The maximum Gasteiger partial charge on any atom is 0.267 e. The molecule has 7 nitrogen and oxygen atoms in total. The molecule has 2 aromatic heterocycles. The molecule has 150 valence electrons. The van der Waals surface area contributed by atoms with Crippen molar-refractivity contribution in [1.29, 1.82) is 0 Å². The SMILES string of the molecule is NC(=O)c1ccc2cncc(-c3ccc(OCCOC4CCOCC4)cc3)c2n1. The molecular formula is C22H23N3O4. The van der Waals surface area contributed by atoms with Crippen LogP contribution in [-0.2, 0) is 9.47 Å². The Morgan fingerprint density at radius 1 is 1.07 bits per heavy atom. The third-order valence-corrected chi connectivity index (χ3v) is 4.89. The molecule has 0 unspecified atom stereocenters. The zero-order valence-corrected chi connectivity index (χ0v) is 16.0. The third kappa shape index (κ3) is 4.70. The standard InChI is InChI=1S/C22H23N3O4/c23-22(26)20-6-3-16-13-24-14-19(21(16)25-20)15-1-4-17(5-2-15)28-11-12-29-18-7-9-27-10-8-18/h1-6,13-14,18H,7-12H2,(H2,23,26). The van der Waals surface area contributed by atoms with Crippen molar-refractivity contribution in [2.24, 2.45) is 5.73 Å². The summed E-state index contributed by atoms with van der Waals surface area (Å²) in [5.41, 5.74) is 8.06. The molecule has 0 atom stereocenters. The topological polar surface area (TPSA) is 96.6 Å². The Balaban J connectivity index is 1.42. The van der Waals surface area contributed by atoms with Crippen LogP contribution >= 0.6 is 0 Å². The molecular weight excluding hydrogens is 370 g/mol. The molecule has 4 rings (SSSR count). The zero-order chi connectivity index (χ0) is 20.1. The van der Waals surface area contributed by atoms with E-state index in [-0.39, 0.29) is 11.8 Å². The molecule has 1 fully saturated rings. The van der Waals surface area contributed by atoms with Crippen LogP contribution in [0.2, 0.25) is 0 Å². The van der Waals surface area contributed by atoms with Gasteiger partial charge in [0.25, 0.3) is 5.91 Å². The predicted octanol–water partition coefficient (Wildman–Crippen LogP) is 2.97. The van der Waals surface area contributed by atoms with Gasteiger partial charge in [0.15, 0.2) is 0 Å². The number of ether oxygens (including phenoxy) is 3. The van der Waals surface area contributed by atoms with Crippen LogP contribution in [0.5, 0.6) is 5.75 Å². The summed E-state index contributed by atoms with van der Waals surface area (Å²) in [5.74, 6) is 0.213. The lowest BCUT2D eigenvalue weighted by Gasteiger charge is -2.22. The van der Waals surface area contributed by atoms with E-state index in [1.54, 1.807) is 24.5 Å². The van der Waals surface area contributed by atoms with Crippen LogP contribution in [-0.4, -0.2) is 48.4 Å². The molecule has 2 N–H and O–H groups in total. The van der Waals surface area contributed by atoms with Crippen LogP contribution in [0.15, 0.2) is 48.8 Å². The molecule has 0 aliphatic carbocycles. The van der Waals surface area contributed by atoms with Gasteiger partial charge in [-0.1, -0.05) is 12.1 Å². The first-order valence-corrected chi connectivity index (χ1v) is 9.68. The lowest BCUT2D eigenvalue weighted by atomic mass is 10.0. The maximum absolute atomic E-state index is 11.5. The van der Waals surface area contributed by atoms with Gasteiger partial charge in [0.1, 0.15) is 18.1 Å². The van der Waals surface area contributed by atoms with Crippen LogP contribution in [0.25, 0.3) is 22.0 Å². The van der Waals surface area contributed by atoms with Crippen molar-refractivity contribution in [3.8, 4) is 16.9 Å². The van der Waals surface area contributed by atoms with Gasteiger partial charge in [0.2, 0.25) is 0 Å². The Bertz CT molecular complexity index is 985. The Morgan fingerprint density at radius 2 is 1.86 bits per heavy atom. The van der Waals surface area contributed by atoms with Gasteiger partial charge in [0, 0.05) is 36.6 Å². The van der Waals surface area contributed by atoms with Crippen LogP contribution in [0.4, 0.5) is 0 Å². The first-order valence-electron chi connectivity index (χ1n) is 9.68. The van der Waals surface area contributed by atoms with Gasteiger partial charge in [-0.25, -0.2) is 4.98 Å². The second-order valence-electron chi connectivity index (χ2n) is 6.87. The van der Waals surface area contributed by atoms with Crippen LogP contribution in [0.3, 0.4) is 0 Å². The highest BCUT2D eigenvalue weighted by Gasteiger charge is 2.14. The second-order valence-corrected chi connectivity index (χ2v) is 6.87. The fourth-order valence-corrected chi connectivity index (χ4v) is 3.34. The van der Waals surface area contributed by atoms with E-state index in [0.29, 0.717) is 18.7 Å². The van der Waals surface area contributed by atoms with Crippen molar-refractivity contribution in [1.82, 2.24) is 9.97 Å². The van der Waals surface area contributed by atoms with Gasteiger partial charge < -0.3 is 19.9 Å². The van der Waals surface area contributed by atoms with E-state index in [1.165, 1.54) is 0 Å². The highest BCUT2D eigenvalue weighted by Crippen LogP contribution is 2.28. The average molecular weight is 393 g/mol. The van der Waals surface area contributed by atoms with E-state index in [1.807, 2.05) is 24.3 Å². The van der Waals surface area contributed by atoms with Gasteiger partial charge in [-0.2, -0.15) is 0 Å². The number of nitrogens with two attached hydrogens (primary N) is 1. The minimum Gasteiger partial charge on any atom is -0.491 e. The van der Waals surface area contributed by atoms with Crippen molar-refractivity contribution in [3.63, 3.8) is 0 Å². The summed E-state index contributed by atoms with van der Waals surface area (Å²) < 4.78 is 16.9.